The van der Waals surface area contributed by atoms with Crippen LogP contribution in [0.5, 0.6) is 0 Å². The summed E-state index contributed by atoms with van der Waals surface area (Å²) in [5.41, 5.74) is 7.30. The Morgan fingerprint density at radius 1 is 1.15 bits per heavy atom. The number of furan rings is 1. The number of halogens is 2. The van der Waals surface area contributed by atoms with Crippen LogP contribution in [-0.2, 0) is 0 Å². The number of fused-ring (bicyclic) bond motifs is 2. The van der Waals surface area contributed by atoms with Crippen LogP contribution in [0.2, 0.25) is 0 Å². The van der Waals surface area contributed by atoms with Crippen molar-refractivity contribution in [2.45, 2.75) is 37.4 Å². The average molecular weight is 577 g/mol. The Kier molecular flexibility index (Phi) is 6.98. The molecule has 2 bridgehead atoms. The second-order valence-electron chi connectivity index (χ2n) is 6.40. The van der Waals surface area contributed by atoms with Crippen molar-refractivity contribution < 1.29 is 9.21 Å². The van der Waals surface area contributed by atoms with E-state index >= 15 is 0 Å². The van der Waals surface area contributed by atoms with Crippen molar-refractivity contribution in [3.63, 3.8) is 0 Å². The first-order valence-electron chi connectivity index (χ1n) is 8.49. The van der Waals surface area contributed by atoms with Crippen molar-refractivity contribution in [2.24, 2.45) is 0 Å². The van der Waals surface area contributed by atoms with Gasteiger partial charge >= 0.3 is 0 Å². The highest BCUT2D eigenvalue weighted by Crippen LogP contribution is 2.29. The number of amides is 1. The van der Waals surface area contributed by atoms with Crippen LogP contribution in [0.15, 0.2) is 49.0 Å². The fraction of sp³-hybridized carbons (Fsp3) is 0.316. The number of nitrogens with two attached hydrogens (primary N) is 1. The molecule has 0 spiro atoms. The number of carbonyl (C=O) groups excluding carboxylic acids is 1. The number of hydrogen-bond acceptors (Lipinski definition) is 4. The predicted octanol–water partition coefficient (Wildman–Crippen LogP) is 4.48. The van der Waals surface area contributed by atoms with Crippen LogP contribution in [0.3, 0.4) is 0 Å². The molecule has 3 heterocycles. The summed E-state index contributed by atoms with van der Waals surface area (Å²) >= 11 is 4.33. The molecule has 3 atom stereocenters. The summed E-state index contributed by atoms with van der Waals surface area (Å²) in [7, 11) is 0. The van der Waals surface area contributed by atoms with E-state index in [0.29, 0.717) is 29.3 Å². The first-order valence-corrected chi connectivity index (χ1v) is 11.0. The van der Waals surface area contributed by atoms with Gasteiger partial charge in [0.15, 0.2) is 5.76 Å². The van der Waals surface area contributed by atoms with Crippen molar-refractivity contribution in [1.82, 2.24) is 10.6 Å². The third-order valence-corrected chi connectivity index (χ3v) is 6.78. The van der Waals surface area contributed by atoms with E-state index in [-0.39, 0.29) is 11.9 Å². The minimum atomic E-state index is -0.138. The molecule has 138 valence electrons. The Bertz CT molecular complexity index is 769. The van der Waals surface area contributed by atoms with E-state index in [1.165, 1.54) is 6.42 Å². The van der Waals surface area contributed by atoms with Crippen LogP contribution in [0, 0.1) is 0 Å². The molecule has 1 aromatic carbocycles. The Morgan fingerprint density at radius 3 is 2.46 bits per heavy atom. The molecule has 0 aliphatic carbocycles. The summed E-state index contributed by atoms with van der Waals surface area (Å²) in [4.78, 5) is 12.3. The Morgan fingerprint density at radius 2 is 1.88 bits per heavy atom. The molecule has 2 unspecified atom stereocenters. The summed E-state index contributed by atoms with van der Waals surface area (Å²) in [6.45, 7) is 0. The molecule has 2 aliphatic rings. The second-order valence-corrected chi connectivity index (χ2v) is 7.84. The molecule has 26 heavy (non-hydrogen) atoms. The zero-order valence-electron chi connectivity index (χ0n) is 14.1. The molecule has 2 saturated heterocycles. The number of anilines is 1. The van der Waals surface area contributed by atoms with Crippen molar-refractivity contribution in [3.05, 3.63) is 50.3 Å². The van der Waals surface area contributed by atoms with Gasteiger partial charge in [-0.25, -0.2) is 0 Å². The van der Waals surface area contributed by atoms with E-state index in [2.05, 4.69) is 55.8 Å². The standard InChI is InChI=1S/C17H19N3O2.C2H2I2/c18-11-3-1-10(2-4-11)15-7-8-16(22-15)17(21)20-14-9-12-5-6-13(14)19-12;3-1-2-4/h1-4,7-8,12-14,19H,5-6,9,18H2,(H,20,21);1-2H/b;2-1+/t12?,13?,14-;/m1./s1. The van der Waals surface area contributed by atoms with Crippen LogP contribution >= 0.6 is 45.2 Å². The van der Waals surface area contributed by atoms with Gasteiger partial charge in [0.25, 0.3) is 5.91 Å². The first kappa shape index (κ1) is 19.7. The lowest BCUT2D eigenvalue weighted by molar-refractivity contribution is 0.0903. The molecule has 5 nitrogen and oxygen atoms in total. The number of nitrogens with one attached hydrogen (secondary N) is 2. The van der Waals surface area contributed by atoms with Crippen LogP contribution in [0.1, 0.15) is 29.8 Å². The Labute approximate surface area is 180 Å². The highest BCUT2D eigenvalue weighted by molar-refractivity contribution is 14.1. The molecule has 0 radical (unpaired) electrons. The number of nitrogen functional groups attached to an aromatic ring is 1. The third kappa shape index (κ3) is 4.80. The van der Waals surface area contributed by atoms with Crippen molar-refractivity contribution in [3.8, 4) is 11.3 Å². The normalized spacial score (nSPS) is 23.7. The number of carbonyl (C=O) groups is 1. The third-order valence-electron chi connectivity index (χ3n) is 4.69. The van der Waals surface area contributed by atoms with Gasteiger partial charge in [-0.05, 0) is 63.8 Å². The van der Waals surface area contributed by atoms with E-state index < -0.39 is 0 Å². The molecular formula is C19H21I2N3O2. The highest BCUT2D eigenvalue weighted by atomic mass is 127. The number of hydrogen-bond donors (Lipinski definition) is 3. The molecule has 1 amide bonds. The van der Waals surface area contributed by atoms with Crippen LogP contribution in [0.25, 0.3) is 11.3 Å². The SMILES string of the molecule is I/C=C/I.Nc1ccc(-c2ccc(C(=O)N[C@@H]3CC4CCC3N4)o2)cc1. The molecule has 4 rings (SSSR count). The van der Waals surface area contributed by atoms with E-state index in [1.807, 2.05) is 38.5 Å². The summed E-state index contributed by atoms with van der Waals surface area (Å²) < 4.78 is 9.60. The van der Waals surface area contributed by atoms with E-state index in [4.69, 9.17) is 10.2 Å². The van der Waals surface area contributed by atoms with Crippen molar-refractivity contribution >= 4 is 56.8 Å². The maximum atomic E-state index is 12.3. The zero-order chi connectivity index (χ0) is 18.5. The maximum absolute atomic E-state index is 12.3. The van der Waals surface area contributed by atoms with E-state index in [0.717, 1.165) is 18.4 Å². The summed E-state index contributed by atoms with van der Waals surface area (Å²) in [6, 6.07) is 12.2. The fourth-order valence-electron chi connectivity index (χ4n) is 3.49. The smallest absolute Gasteiger partial charge is 0.287 e. The molecule has 1 aromatic heterocycles. The first-order chi connectivity index (χ1) is 12.6. The van der Waals surface area contributed by atoms with Gasteiger partial charge in [-0.3, -0.25) is 4.79 Å². The predicted molar refractivity (Wildman–Crippen MR) is 122 cm³/mol. The van der Waals surface area contributed by atoms with E-state index in [9.17, 15) is 4.79 Å². The van der Waals surface area contributed by atoms with Crippen LogP contribution in [0.4, 0.5) is 5.69 Å². The topological polar surface area (TPSA) is 80.3 Å². The van der Waals surface area contributed by atoms with Gasteiger partial charge in [0.2, 0.25) is 0 Å². The molecule has 4 N–H and O–H groups in total. The number of rotatable bonds is 3. The highest BCUT2D eigenvalue weighted by Gasteiger charge is 2.39. The van der Waals surface area contributed by atoms with Crippen molar-refractivity contribution in [2.75, 3.05) is 5.73 Å². The fourth-order valence-corrected chi connectivity index (χ4v) is 3.49. The van der Waals surface area contributed by atoms with E-state index in [1.54, 1.807) is 6.07 Å². The van der Waals surface area contributed by atoms with Crippen LogP contribution < -0.4 is 16.4 Å². The molecule has 0 saturated carbocycles. The minimum absolute atomic E-state index is 0.138. The Balaban J connectivity index is 0.000000447. The maximum Gasteiger partial charge on any atom is 0.287 e. The summed E-state index contributed by atoms with van der Waals surface area (Å²) in [5, 5.41) is 6.60. The van der Waals surface area contributed by atoms with Gasteiger partial charge in [0.1, 0.15) is 5.76 Å². The van der Waals surface area contributed by atoms with Crippen LogP contribution in [-0.4, -0.2) is 24.0 Å². The molecule has 2 aromatic rings. The molecule has 7 heteroatoms. The molecule has 2 fully saturated rings. The minimum Gasteiger partial charge on any atom is -0.451 e. The van der Waals surface area contributed by atoms with Gasteiger partial charge in [0.05, 0.1) is 0 Å². The van der Waals surface area contributed by atoms with Gasteiger partial charge in [0, 0.05) is 29.4 Å². The zero-order valence-corrected chi connectivity index (χ0v) is 18.4. The monoisotopic (exact) mass is 577 g/mol. The average Bonchev–Trinajstić information content (AvgIpc) is 3.39. The number of benzene rings is 1. The summed E-state index contributed by atoms with van der Waals surface area (Å²) in [6.07, 6.45) is 3.38. The lowest BCUT2D eigenvalue weighted by Crippen LogP contribution is -2.42. The van der Waals surface area contributed by atoms with Gasteiger partial charge in [-0.1, -0.05) is 45.2 Å². The second kappa shape index (κ2) is 9.23. The van der Waals surface area contributed by atoms with Gasteiger partial charge in [-0.15, -0.1) is 0 Å². The lowest BCUT2D eigenvalue weighted by atomic mass is 9.95. The molecular weight excluding hydrogens is 556 g/mol. The summed E-state index contributed by atoms with van der Waals surface area (Å²) in [5.74, 6) is 0.895. The largest absolute Gasteiger partial charge is 0.451 e. The van der Waals surface area contributed by atoms with Gasteiger partial charge in [-0.2, -0.15) is 0 Å². The van der Waals surface area contributed by atoms with Gasteiger partial charge < -0.3 is 20.8 Å². The molecule has 2 aliphatic heterocycles. The van der Waals surface area contributed by atoms with Crippen molar-refractivity contribution in [1.29, 1.82) is 0 Å². The quantitative estimate of drug-likeness (QED) is 0.372. The lowest BCUT2D eigenvalue weighted by Gasteiger charge is -2.20. The Hall–Kier alpha value is -1.07.